The molecule has 2 aromatic rings. The van der Waals surface area contributed by atoms with Crippen molar-refractivity contribution in [2.24, 2.45) is 5.10 Å². The van der Waals surface area contributed by atoms with E-state index in [9.17, 15) is 4.79 Å². The number of halogens is 1. The summed E-state index contributed by atoms with van der Waals surface area (Å²) in [6, 6.07) is 14.8. The molecule has 0 aromatic heterocycles. The van der Waals surface area contributed by atoms with Gasteiger partial charge in [-0.3, -0.25) is 4.79 Å². The van der Waals surface area contributed by atoms with Gasteiger partial charge in [0.15, 0.2) is 0 Å². The summed E-state index contributed by atoms with van der Waals surface area (Å²) in [5, 5.41) is 4.50. The van der Waals surface area contributed by atoms with Crippen LogP contribution in [0.3, 0.4) is 0 Å². The van der Waals surface area contributed by atoms with Crippen LogP contribution in [0.5, 0.6) is 0 Å². The van der Waals surface area contributed by atoms with Gasteiger partial charge in [0.05, 0.1) is 6.21 Å². The Labute approximate surface area is 141 Å². The number of nitrogens with one attached hydrogen (secondary N) is 1. The molecule has 0 unspecified atom stereocenters. The molecule has 0 aliphatic heterocycles. The highest BCUT2D eigenvalue weighted by atomic mass is 35.5. The Morgan fingerprint density at radius 3 is 2.48 bits per heavy atom. The molecule has 0 aliphatic rings. The Morgan fingerprint density at radius 1 is 1.17 bits per heavy atom. The molecule has 120 valence electrons. The summed E-state index contributed by atoms with van der Waals surface area (Å²) in [5.41, 5.74) is 5.07. The molecule has 0 radical (unpaired) electrons. The Morgan fingerprint density at radius 2 is 1.87 bits per heavy atom. The van der Waals surface area contributed by atoms with Crippen LogP contribution in [0.4, 0.5) is 5.69 Å². The fourth-order valence-corrected chi connectivity index (χ4v) is 2.41. The summed E-state index contributed by atoms with van der Waals surface area (Å²) in [4.78, 5) is 14.2. The molecule has 1 N–H and O–H groups in total. The third kappa shape index (κ3) is 4.83. The predicted molar refractivity (Wildman–Crippen MR) is 96.5 cm³/mol. The minimum Gasteiger partial charge on any atom is -0.372 e. The molecule has 0 saturated heterocycles. The first-order valence-electron chi connectivity index (χ1n) is 7.58. The van der Waals surface area contributed by atoms with E-state index in [0.717, 1.165) is 18.7 Å². The Hall–Kier alpha value is -2.33. The molecule has 0 heterocycles. The molecular formula is C18H20ClN3O. The average molecular weight is 330 g/mol. The Kier molecular flexibility index (Phi) is 6.18. The van der Waals surface area contributed by atoms with Crippen LogP contribution in [-0.2, 0) is 0 Å². The lowest BCUT2D eigenvalue weighted by Gasteiger charge is -2.20. The van der Waals surface area contributed by atoms with Crippen molar-refractivity contribution < 1.29 is 4.79 Å². The topological polar surface area (TPSA) is 44.7 Å². The van der Waals surface area contributed by atoms with Gasteiger partial charge in [0.25, 0.3) is 5.91 Å². The number of hydrogen-bond acceptors (Lipinski definition) is 3. The fraction of sp³-hybridized carbons (Fsp3) is 0.222. The van der Waals surface area contributed by atoms with Crippen LogP contribution in [0, 0.1) is 0 Å². The fourth-order valence-electron chi connectivity index (χ4n) is 2.22. The van der Waals surface area contributed by atoms with Crippen LogP contribution in [0.2, 0.25) is 5.02 Å². The molecule has 2 rings (SSSR count). The van der Waals surface area contributed by atoms with E-state index in [0.29, 0.717) is 10.6 Å². The van der Waals surface area contributed by atoms with Crippen molar-refractivity contribution >= 4 is 29.4 Å². The number of nitrogens with zero attached hydrogens (tertiary/aromatic N) is 2. The van der Waals surface area contributed by atoms with Gasteiger partial charge in [0.2, 0.25) is 0 Å². The lowest BCUT2D eigenvalue weighted by atomic mass is 10.2. The third-order valence-corrected chi connectivity index (χ3v) is 3.72. The minimum absolute atomic E-state index is 0.288. The van der Waals surface area contributed by atoms with Gasteiger partial charge < -0.3 is 4.90 Å². The summed E-state index contributed by atoms with van der Waals surface area (Å²) in [6.45, 7) is 6.20. The van der Waals surface area contributed by atoms with Crippen LogP contribution in [0.15, 0.2) is 53.6 Å². The van der Waals surface area contributed by atoms with Crippen molar-refractivity contribution in [1.82, 2.24) is 5.43 Å². The van der Waals surface area contributed by atoms with Crippen LogP contribution < -0.4 is 10.3 Å². The molecule has 2 aromatic carbocycles. The molecule has 0 aliphatic carbocycles. The molecule has 0 atom stereocenters. The summed E-state index contributed by atoms with van der Waals surface area (Å²) < 4.78 is 0. The first kappa shape index (κ1) is 17.0. The maximum absolute atomic E-state index is 11.9. The first-order chi connectivity index (χ1) is 11.1. The van der Waals surface area contributed by atoms with Crippen LogP contribution >= 0.6 is 11.6 Å². The predicted octanol–water partition coefficient (Wildman–Crippen LogP) is 3.95. The normalized spacial score (nSPS) is 10.7. The second-order valence-corrected chi connectivity index (χ2v) is 5.41. The Bertz CT molecular complexity index is 679. The summed E-state index contributed by atoms with van der Waals surface area (Å²) in [6.07, 6.45) is 1.62. The lowest BCUT2D eigenvalue weighted by Crippen LogP contribution is -2.21. The summed E-state index contributed by atoms with van der Waals surface area (Å²) in [5.74, 6) is -0.288. The van der Waals surface area contributed by atoms with Gasteiger partial charge in [-0.1, -0.05) is 29.8 Å². The van der Waals surface area contributed by atoms with E-state index < -0.39 is 0 Å². The number of benzene rings is 2. The van der Waals surface area contributed by atoms with E-state index in [1.165, 1.54) is 5.69 Å². The smallest absolute Gasteiger partial charge is 0.271 e. The van der Waals surface area contributed by atoms with Crippen molar-refractivity contribution in [3.63, 3.8) is 0 Å². The molecule has 4 nitrogen and oxygen atoms in total. The SMILES string of the molecule is CCN(CC)c1ccc(/C=N/NC(=O)c2cccc(Cl)c2)cc1. The second-order valence-electron chi connectivity index (χ2n) is 4.97. The minimum atomic E-state index is -0.288. The van der Waals surface area contributed by atoms with Crippen molar-refractivity contribution in [1.29, 1.82) is 0 Å². The highest BCUT2D eigenvalue weighted by Crippen LogP contribution is 2.14. The van der Waals surface area contributed by atoms with Gasteiger partial charge in [-0.15, -0.1) is 0 Å². The quantitative estimate of drug-likeness (QED) is 0.644. The standard InChI is InChI=1S/C18H20ClN3O/c1-3-22(4-2)17-10-8-14(9-11-17)13-20-21-18(23)15-6-5-7-16(19)12-15/h5-13H,3-4H2,1-2H3,(H,21,23)/b20-13+. The molecule has 1 amide bonds. The van der Waals surface area contributed by atoms with E-state index >= 15 is 0 Å². The number of amides is 1. The first-order valence-corrected chi connectivity index (χ1v) is 7.95. The number of anilines is 1. The van der Waals surface area contributed by atoms with E-state index in [1.807, 2.05) is 24.3 Å². The number of hydrogen-bond donors (Lipinski definition) is 1. The van der Waals surface area contributed by atoms with E-state index in [4.69, 9.17) is 11.6 Å². The molecular weight excluding hydrogens is 310 g/mol. The molecule has 0 bridgehead atoms. The molecule has 0 spiro atoms. The van der Waals surface area contributed by atoms with Crippen molar-refractivity contribution in [2.45, 2.75) is 13.8 Å². The summed E-state index contributed by atoms with van der Waals surface area (Å²) in [7, 11) is 0. The maximum Gasteiger partial charge on any atom is 0.271 e. The number of carbonyl (C=O) groups excluding carboxylic acids is 1. The largest absolute Gasteiger partial charge is 0.372 e. The van der Waals surface area contributed by atoms with Gasteiger partial charge >= 0.3 is 0 Å². The highest BCUT2D eigenvalue weighted by Gasteiger charge is 2.04. The second kappa shape index (κ2) is 8.34. The number of carbonyl (C=O) groups is 1. The zero-order valence-electron chi connectivity index (χ0n) is 13.3. The zero-order chi connectivity index (χ0) is 16.7. The zero-order valence-corrected chi connectivity index (χ0v) is 14.0. The van der Waals surface area contributed by atoms with Crippen LogP contribution in [-0.4, -0.2) is 25.2 Å². The van der Waals surface area contributed by atoms with Crippen molar-refractivity contribution in [2.75, 3.05) is 18.0 Å². The van der Waals surface area contributed by atoms with Crippen molar-refractivity contribution in [3.05, 3.63) is 64.7 Å². The van der Waals surface area contributed by atoms with Gasteiger partial charge in [0, 0.05) is 29.4 Å². The monoisotopic (exact) mass is 329 g/mol. The van der Waals surface area contributed by atoms with Crippen LogP contribution in [0.25, 0.3) is 0 Å². The van der Waals surface area contributed by atoms with E-state index in [2.05, 4.69) is 29.3 Å². The van der Waals surface area contributed by atoms with Gasteiger partial charge in [-0.25, -0.2) is 5.43 Å². The maximum atomic E-state index is 11.9. The Balaban J connectivity index is 1.96. The third-order valence-electron chi connectivity index (χ3n) is 3.49. The van der Waals surface area contributed by atoms with E-state index in [1.54, 1.807) is 30.5 Å². The highest BCUT2D eigenvalue weighted by molar-refractivity contribution is 6.30. The van der Waals surface area contributed by atoms with Crippen molar-refractivity contribution in [3.8, 4) is 0 Å². The molecule has 0 saturated carbocycles. The molecule has 0 fully saturated rings. The molecule has 5 heteroatoms. The van der Waals surface area contributed by atoms with Gasteiger partial charge in [-0.05, 0) is 49.7 Å². The lowest BCUT2D eigenvalue weighted by molar-refractivity contribution is 0.0955. The van der Waals surface area contributed by atoms with Gasteiger partial charge in [-0.2, -0.15) is 5.10 Å². The van der Waals surface area contributed by atoms with E-state index in [-0.39, 0.29) is 5.91 Å². The average Bonchev–Trinajstić information content (AvgIpc) is 2.57. The summed E-state index contributed by atoms with van der Waals surface area (Å²) >= 11 is 5.86. The van der Waals surface area contributed by atoms with Crippen LogP contribution in [0.1, 0.15) is 29.8 Å². The van der Waals surface area contributed by atoms with Gasteiger partial charge in [0.1, 0.15) is 0 Å². The number of rotatable bonds is 6. The molecule has 23 heavy (non-hydrogen) atoms. The number of hydrazone groups is 1.